The summed E-state index contributed by atoms with van der Waals surface area (Å²) in [5.41, 5.74) is 3.44. The molecule has 3 nitrogen and oxygen atoms in total. The van der Waals surface area contributed by atoms with Crippen LogP contribution >= 0.6 is 23.2 Å². The Balaban J connectivity index is 2.71. The Labute approximate surface area is 134 Å². The number of benzene rings is 2. The van der Waals surface area contributed by atoms with E-state index < -0.39 is 37.1 Å². The number of sulfone groups is 1. The molecule has 0 aliphatic carbocycles. The number of nitrogen functional groups attached to an aromatic ring is 1. The van der Waals surface area contributed by atoms with Crippen molar-refractivity contribution in [1.82, 2.24) is 0 Å². The zero-order valence-corrected chi connectivity index (χ0v) is 13.0. The molecular formula is C13H8Cl2F3NO2S. The molecule has 0 aliphatic rings. The van der Waals surface area contributed by atoms with Gasteiger partial charge in [0, 0.05) is 5.69 Å². The van der Waals surface area contributed by atoms with E-state index >= 15 is 0 Å². The van der Waals surface area contributed by atoms with Crippen molar-refractivity contribution >= 4 is 38.7 Å². The molecule has 0 heterocycles. The molecule has 0 atom stereocenters. The number of rotatable bonds is 2. The van der Waals surface area contributed by atoms with Crippen LogP contribution in [0.3, 0.4) is 0 Å². The lowest BCUT2D eigenvalue weighted by molar-refractivity contribution is -0.137. The zero-order chi connectivity index (χ0) is 16.7. The number of nitrogens with two attached hydrogens (primary N) is 1. The highest BCUT2D eigenvalue weighted by Gasteiger charge is 2.35. The highest BCUT2D eigenvalue weighted by molar-refractivity contribution is 7.91. The van der Waals surface area contributed by atoms with Gasteiger partial charge >= 0.3 is 6.18 Å². The number of hydrogen-bond donors (Lipinski definition) is 1. The summed E-state index contributed by atoms with van der Waals surface area (Å²) >= 11 is 11.6. The minimum absolute atomic E-state index is 0.183. The maximum absolute atomic E-state index is 12.9. The summed E-state index contributed by atoms with van der Waals surface area (Å²) in [5.74, 6) is 0. The van der Waals surface area contributed by atoms with Gasteiger partial charge in [-0.15, -0.1) is 0 Å². The fourth-order valence-electron chi connectivity index (χ4n) is 1.81. The third-order valence-electron chi connectivity index (χ3n) is 2.83. The average molecular weight is 370 g/mol. The average Bonchev–Trinajstić information content (AvgIpc) is 2.37. The number of halogens is 5. The molecule has 2 aromatic carbocycles. The minimum Gasteiger partial charge on any atom is -0.398 e. The van der Waals surface area contributed by atoms with E-state index in [1.807, 2.05) is 0 Å². The second-order valence-corrected chi connectivity index (χ2v) is 7.00. The van der Waals surface area contributed by atoms with Crippen molar-refractivity contribution < 1.29 is 21.6 Å². The summed E-state index contributed by atoms with van der Waals surface area (Å²) in [4.78, 5) is -1.04. The first-order valence-corrected chi connectivity index (χ1v) is 7.95. The van der Waals surface area contributed by atoms with Crippen molar-refractivity contribution in [3.8, 4) is 0 Å². The molecule has 0 fully saturated rings. The second kappa shape index (κ2) is 5.64. The molecule has 22 heavy (non-hydrogen) atoms. The first kappa shape index (κ1) is 16.9. The fourth-order valence-corrected chi connectivity index (χ4v) is 4.22. The third kappa shape index (κ3) is 3.02. The van der Waals surface area contributed by atoms with Gasteiger partial charge in [0.1, 0.15) is 4.90 Å². The second-order valence-electron chi connectivity index (χ2n) is 4.30. The van der Waals surface area contributed by atoms with Crippen LogP contribution in [0.5, 0.6) is 0 Å². The van der Waals surface area contributed by atoms with Gasteiger partial charge in [-0.3, -0.25) is 0 Å². The molecule has 0 aliphatic heterocycles. The lowest BCUT2D eigenvalue weighted by atomic mass is 10.2. The molecule has 118 valence electrons. The van der Waals surface area contributed by atoms with Crippen molar-refractivity contribution in [3.05, 3.63) is 52.0 Å². The molecule has 0 radical (unpaired) electrons. The predicted molar refractivity (Wildman–Crippen MR) is 77.8 cm³/mol. The molecule has 0 unspecified atom stereocenters. The molecule has 0 saturated carbocycles. The number of anilines is 1. The summed E-state index contributed by atoms with van der Waals surface area (Å²) in [6, 6.07) is 6.29. The maximum atomic E-state index is 12.9. The van der Waals surface area contributed by atoms with Crippen LogP contribution in [-0.2, 0) is 16.0 Å². The number of alkyl halides is 3. The Morgan fingerprint density at radius 2 is 1.55 bits per heavy atom. The SMILES string of the molecule is Nc1ccc(S(=O)(=O)c2c(Cl)cccc2Cl)cc1C(F)(F)F. The van der Waals surface area contributed by atoms with Gasteiger partial charge in [0.25, 0.3) is 0 Å². The smallest absolute Gasteiger partial charge is 0.398 e. The van der Waals surface area contributed by atoms with E-state index in [1.165, 1.54) is 18.2 Å². The summed E-state index contributed by atoms with van der Waals surface area (Å²) < 4.78 is 63.5. The van der Waals surface area contributed by atoms with Crippen LogP contribution in [0.1, 0.15) is 5.56 Å². The van der Waals surface area contributed by atoms with Crippen LogP contribution < -0.4 is 5.73 Å². The quantitative estimate of drug-likeness (QED) is 0.796. The van der Waals surface area contributed by atoms with E-state index in [-0.39, 0.29) is 10.0 Å². The van der Waals surface area contributed by atoms with Gasteiger partial charge in [0.2, 0.25) is 9.84 Å². The topological polar surface area (TPSA) is 60.2 Å². The molecule has 2 N–H and O–H groups in total. The summed E-state index contributed by atoms with van der Waals surface area (Å²) in [5, 5.41) is -0.365. The van der Waals surface area contributed by atoms with Crippen LogP contribution in [0.2, 0.25) is 10.0 Å². The Kier molecular flexibility index (Phi) is 4.34. The summed E-state index contributed by atoms with van der Waals surface area (Å²) in [6.07, 6.45) is -4.78. The Bertz CT molecular complexity index is 815. The van der Waals surface area contributed by atoms with Crippen LogP contribution in [-0.4, -0.2) is 8.42 Å². The van der Waals surface area contributed by atoms with E-state index in [2.05, 4.69) is 0 Å². The van der Waals surface area contributed by atoms with E-state index in [9.17, 15) is 21.6 Å². The molecule has 2 rings (SSSR count). The Morgan fingerprint density at radius 3 is 2.05 bits per heavy atom. The minimum atomic E-state index is -4.78. The first-order chi connectivity index (χ1) is 10.0. The van der Waals surface area contributed by atoms with Crippen LogP contribution in [0, 0.1) is 0 Å². The van der Waals surface area contributed by atoms with Gasteiger partial charge in [-0.1, -0.05) is 29.3 Å². The predicted octanol–water partition coefficient (Wildman–Crippen LogP) is 4.43. The van der Waals surface area contributed by atoms with Crippen molar-refractivity contribution in [3.63, 3.8) is 0 Å². The van der Waals surface area contributed by atoms with Gasteiger partial charge in [-0.25, -0.2) is 8.42 Å². The van der Waals surface area contributed by atoms with Gasteiger partial charge in [-0.05, 0) is 30.3 Å². The molecule has 2 aromatic rings. The molecule has 9 heteroatoms. The van der Waals surface area contributed by atoms with Crippen LogP contribution in [0.25, 0.3) is 0 Å². The molecule has 0 amide bonds. The largest absolute Gasteiger partial charge is 0.418 e. The maximum Gasteiger partial charge on any atom is 0.418 e. The molecule has 0 aromatic heterocycles. The Morgan fingerprint density at radius 1 is 1.00 bits per heavy atom. The normalized spacial score (nSPS) is 12.4. The molecule has 0 bridgehead atoms. The van der Waals surface area contributed by atoms with Gasteiger partial charge in [-0.2, -0.15) is 13.2 Å². The van der Waals surface area contributed by atoms with E-state index in [0.717, 1.165) is 12.1 Å². The third-order valence-corrected chi connectivity index (χ3v) is 5.53. The Hall–Kier alpha value is -1.44. The fraction of sp³-hybridized carbons (Fsp3) is 0.0769. The lowest BCUT2D eigenvalue weighted by Gasteiger charge is -2.13. The van der Waals surface area contributed by atoms with Gasteiger partial charge in [0.05, 0.1) is 20.5 Å². The standard InChI is InChI=1S/C13H8Cl2F3NO2S/c14-9-2-1-3-10(15)12(9)22(20,21)7-4-5-11(19)8(6-7)13(16,17)18/h1-6H,19H2. The monoisotopic (exact) mass is 369 g/mol. The van der Waals surface area contributed by atoms with E-state index in [4.69, 9.17) is 28.9 Å². The first-order valence-electron chi connectivity index (χ1n) is 5.71. The molecule has 0 spiro atoms. The van der Waals surface area contributed by atoms with Crippen LogP contribution in [0.4, 0.5) is 18.9 Å². The van der Waals surface area contributed by atoms with Crippen molar-refractivity contribution in [2.45, 2.75) is 16.0 Å². The highest BCUT2D eigenvalue weighted by Crippen LogP contribution is 2.38. The zero-order valence-electron chi connectivity index (χ0n) is 10.7. The summed E-state index contributed by atoms with van der Waals surface area (Å²) in [6.45, 7) is 0. The highest BCUT2D eigenvalue weighted by atomic mass is 35.5. The van der Waals surface area contributed by atoms with Gasteiger partial charge < -0.3 is 5.73 Å². The summed E-state index contributed by atoms with van der Waals surface area (Å²) in [7, 11) is -4.32. The lowest BCUT2D eigenvalue weighted by Crippen LogP contribution is -2.11. The van der Waals surface area contributed by atoms with Crippen molar-refractivity contribution in [2.75, 3.05) is 5.73 Å². The van der Waals surface area contributed by atoms with Crippen molar-refractivity contribution in [2.24, 2.45) is 0 Å². The number of hydrogen-bond acceptors (Lipinski definition) is 3. The van der Waals surface area contributed by atoms with Crippen LogP contribution in [0.15, 0.2) is 46.2 Å². The van der Waals surface area contributed by atoms with E-state index in [0.29, 0.717) is 6.07 Å². The van der Waals surface area contributed by atoms with E-state index in [1.54, 1.807) is 0 Å². The molecule has 0 saturated heterocycles. The van der Waals surface area contributed by atoms with Crippen molar-refractivity contribution in [1.29, 1.82) is 0 Å². The molecular weight excluding hydrogens is 362 g/mol. The van der Waals surface area contributed by atoms with Gasteiger partial charge in [0.15, 0.2) is 0 Å².